The molecular weight excluding hydrogens is 489 g/mol. The Balaban J connectivity index is 1.60. The van der Waals surface area contributed by atoms with E-state index in [0.717, 1.165) is 29.8 Å². The lowest BCUT2D eigenvalue weighted by Gasteiger charge is -2.25. The van der Waals surface area contributed by atoms with Gasteiger partial charge in [-0.15, -0.1) is 0 Å². The highest BCUT2D eigenvalue weighted by Crippen LogP contribution is 2.45. The van der Waals surface area contributed by atoms with Crippen molar-refractivity contribution in [3.8, 4) is 16.9 Å². The second-order valence-electron chi connectivity index (χ2n) is 12.0. The summed E-state index contributed by atoms with van der Waals surface area (Å²) in [4.78, 5) is 14.5. The van der Waals surface area contributed by atoms with E-state index in [-0.39, 0.29) is 23.1 Å². The molecule has 0 saturated heterocycles. The van der Waals surface area contributed by atoms with Gasteiger partial charge in [0.1, 0.15) is 11.6 Å². The van der Waals surface area contributed by atoms with Gasteiger partial charge in [-0.1, -0.05) is 51.1 Å². The number of anilines is 1. The van der Waals surface area contributed by atoms with Gasteiger partial charge in [-0.3, -0.25) is 4.79 Å². The van der Waals surface area contributed by atoms with E-state index in [9.17, 15) is 9.18 Å². The van der Waals surface area contributed by atoms with Crippen LogP contribution in [0.5, 0.6) is 5.75 Å². The second kappa shape index (κ2) is 12.2. The third kappa shape index (κ3) is 7.62. The Labute approximate surface area is 233 Å². The van der Waals surface area contributed by atoms with Gasteiger partial charge in [0.25, 0.3) is 0 Å². The van der Waals surface area contributed by atoms with E-state index < -0.39 is 0 Å². The number of methoxy groups -OCH3 is 1. The molecule has 1 saturated carbocycles. The van der Waals surface area contributed by atoms with Crippen LogP contribution in [0.1, 0.15) is 69.6 Å². The number of benzene rings is 3. The van der Waals surface area contributed by atoms with Crippen molar-refractivity contribution in [2.24, 2.45) is 11.3 Å². The summed E-state index contributed by atoms with van der Waals surface area (Å²) in [6, 6.07) is 19.8. The molecule has 5 heteroatoms. The normalized spacial score (nSPS) is 14.1. The number of esters is 1. The first-order valence-electron chi connectivity index (χ1n) is 14.0. The predicted octanol–water partition coefficient (Wildman–Crippen LogP) is 8.17. The van der Waals surface area contributed by atoms with Gasteiger partial charge in [0, 0.05) is 24.8 Å². The van der Waals surface area contributed by atoms with E-state index >= 15 is 0 Å². The van der Waals surface area contributed by atoms with Crippen LogP contribution in [0.3, 0.4) is 0 Å². The molecule has 0 amide bonds. The van der Waals surface area contributed by atoms with Gasteiger partial charge >= 0.3 is 5.97 Å². The SMILES string of the molecule is CCOC(=O)CC(c1cccc(CN(C)c2ccc(-c3cc(OC)ccc3F)c(CC(C)(C)C)c2)c1)C1CC1. The van der Waals surface area contributed by atoms with Crippen molar-refractivity contribution in [1.82, 2.24) is 0 Å². The smallest absolute Gasteiger partial charge is 0.306 e. The van der Waals surface area contributed by atoms with Crippen LogP contribution >= 0.6 is 0 Å². The van der Waals surface area contributed by atoms with Crippen LogP contribution in [-0.2, 0) is 22.5 Å². The van der Waals surface area contributed by atoms with Crippen LogP contribution in [-0.4, -0.2) is 26.7 Å². The van der Waals surface area contributed by atoms with Crippen LogP contribution in [0.4, 0.5) is 10.1 Å². The Morgan fingerprint density at radius 2 is 1.82 bits per heavy atom. The average Bonchev–Trinajstić information content (AvgIpc) is 3.72. The van der Waals surface area contributed by atoms with Crippen LogP contribution in [0, 0.1) is 17.2 Å². The minimum absolute atomic E-state index is 0.0341. The van der Waals surface area contributed by atoms with Gasteiger partial charge in [0.05, 0.1) is 20.1 Å². The summed E-state index contributed by atoms with van der Waals surface area (Å²) < 4.78 is 25.6. The highest BCUT2D eigenvalue weighted by atomic mass is 19.1. The summed E-state index contributed by atoms with van der Waals surface area (Å²) in [5, 5.41) is 0. The van der Waals surface area contributed by atoms with Gasteiger partial charge in [-0.05, 0) is 96.0 Å². The molecule has 4 nitrogen and oxygen atoms in total. The van der Waals surface area contributed by atoms with Crippen LogP contribution in [0.25, 0.3) is 11.1 Å². The van der Waals surface area contributed by atoms with E-state index in [1.165, 1.54) is 30.0 Å². The number of hydrogen-bond acceptors (Lipinski definition) is 4. The summed E-state index contributed by atoms with van der Waals surface area (Å²) in [6.07, 6.45) is 3.60. The molecule has 1 aliphatic carbocycles. The molecule has 0 radical (unpaired) electrons. The van der Waals surface area contributed by atoms with Gasteiger partial charge in [-0.2, -0.15) is 0 Å². The van der Waals surface area contributed by atoms with E-state index in [4.69, 9.17) is 9.47 Å². The topological polar surface area (TPSA) is 38.8 Å². The van der Waals surface area contributed by atoms with Crippen molar-refractivity contribution >= 4 is 11.7 Å². The third-order valence-corrected chi connectivity index (χ3v) is 7.40. The molecule has 3 aromatic rings. The highest BCUT2D eigenvalue weighted by molar-refractivity contribution is 5.73. The lowest BCUT2D eigenvalue weighted by molar-refractivity contribution is -0.143. The number of hydrogen-bond donors (Lipinski definition) is 0. The van der Waals surface area contributed by atoms with Crippen molar-refractivity contribution in [2.75, 3.05) is 25.7 Å². The first-order valence-corrected chi connectivity index (χ1v) is 14.0. The van der Waals surface area contributed by atoms with E-state index in [1.807, 2.05) is 13.0 Å². The van der Waals surface area contributed by atoms with E-state index in [0.29, 0.717) is 30.3 Å². The quantitative estimate of drug-likeness (QED) is 0.234. The van der Waals surface area contributed by atoms with Crippen molar-refractivity contribution in [2.45, 2.75) is 65.8 Å². The fourth-order valence-corrected chi connectivity index (χ4v) is 5.38. The summed E-state index contributed by atoms with van der Waals surface area (Å²) in [7, 11) is 3.69. The fraction of sp³-hybridized carbons (Fsp3) is 0.441. The van der Waals surface area contributed by atoms with Crippen LogP contribution in [0.2, 0.25) is 0 Å². The summed E-state index contributed by atoms with van der Waals surface area (Å²) in [5.41, 5.74) is 6.09. The maximum atomic E-state index is 14.9. The summed E-state index contributed by atoms with van der Waals surface area (Å²) in [5.74, 6) is 1.05. The molecular formula is C34H42FNO3. The van der Waals surface area contributed by atoms with Gasteiger partial charge in [-0.25, -0.2) is 4.39 Å². The molecule has 0 aliphatic heterocycles. The fourth-order valence-electron chi connectivity index (χ4n) is 5.38. The Morgan fingerprint density at radius 1 is 1.05 bits per heavy atom. The van der Waals surface area contributed by atoms with Gasteiger partial charge in [0.2, 0.25) is 0 Å². The van der Waals surface area contributed by atoms with Crippen LogP contribution in [0.15, 0.2) is 60.7 Å². The number of nitrogens with zero attached hydrogens (tertiary/aromatic N) is 1. The third-order valence-electron chi connectivity index (χ3n) is 7.40. The zero-order chi connectivity index (χ0) is 28.2. The van der Waals surface area contributed by atoms with Crippen molar-refractivity contribution in [3.63, 3.8) is 0 Å². The lowest BCUT2D eigenvalue weighted by atomic mass is 9.84. The lowest BCUT2D eigenvalue weighted by Crippen LogP contribution is -2.18. The minimum atomic E-state index is -0.253. The molecule has 1 fully saturated rings. The van der Waals surface area contributed by atoms with E-state index in [1.54, 1.807) is 19.2 Å². The summed E-state index contributed by atoms with van der Waals surface area (Å²) >= 11 is 0. The minimum Gasteiger partial charge on any atom is -0.497 e. The molecule has 0 spiro atoms. The summed E-state index contributed by atoms with van der Waals surface area (Å²) in [6.45, 7) is 9.61. The molecule has 0 heterocycles. The molecule has 4 rings (SSSR count). The molecule has 1 unspecified atom stereocenters. The molecule has 39 heavy (non-hydrogen) atoms. The van der Waals surface area contributed by atoms with Crippen LogP contribution < -0.4 is 9.64 Å². The largest absolute Gasteiger partial charge is 0.497 e. The molecule has 1 atom stereocenters. The van der Waals surface area contributed by atoms with Crippen molar-refractivity contribution < 1.29 is 18.7 Å². The number of rotatable bonds is 11. The van der Waals surface area contributed by atoms with Crippen molar-refractivity contribution in [3.05, 3.63) is 83.2 Å². The number of halogens is 1. The molecule has 3 aromatic carbocycles. The molecule has 0 bridgehead atoms. The molecule has 1 aliphatic rings. The van der Waals surface area contributed by atoms with E-state index in [2.05, 4.69) is 69.1 Å². The maximum Gasteiger partial charge on any atom is 0.306 e. The van der Waals surface area contributed by atoms with Gasteiger partial charge in [0.15, 0.2) is 0 Å². The predicted molar refractivity (Wildman–Crippen MR) is 157 cm³/mol. The molecule has 208 valence electrons. The second-order valence-corrected chi connectivity index (χ2v) is 12.0. The number of carbonyl (C=O) groups excluding carboxylic acids is 1. The number of ether oxygens (including phenoxy) is 2. The average molecular weight is 532 g/mol. The Hall–Kier alpha value is -3.34. The molecule has 0 aromatic heterocycles. The zero-order valence-electron chi connectivity index (χ0n) is 24.2. The highest BCUT2D eigenvalue weighted by Gasteiger charge is 2.34. The Morgan fingerprint density at radius 3 is 2.49 bits per heavy atom. The van der Waals surface area contributed by atoms with Crippen molar-refractivity contribution in [1.29, 1.82) is 0 Å². The van der Waals surface area contributed by atoms with Gasteiger partial charge < -0.3 is 14.4 Å². The Bertz CT molecular complexity index is 1290. The standard InChI is InChI=1S/C34H42FNO3/c1-7-39-33(37)20-30(24-11-12-24)25-10-8-9-23(17-25)22-36(5)27-13-15-29(26(18-27)21-34(2,3)4)31-19-28(38-6)14-16-32(31)35/h8-10,13-19,24,30H,7,11-12,20-22H2,1-6H3. The maximum absolute atomic E-state index is 14.9. The first-order chi connectivity index (χ1) is 18.6. The Kier molecular flexibility index (Phi) is 8.99. The number of carbonyl (C=O) groups is 1. The molecule has 0 N–H and O–H groups in total. The zero-order valence-corrected chi connectivity index (χ0v) is 24.2. The first kappa shape index (κ1) is 28.7. The monoisotopic (exact) mass is 531 g/mol.